The number of hydrogen-bond donors (Lipinski definition) is 2. The second-order valence-corrected chi connectivity index (χ2v) is 5.07. The third kappa shape index (κ3) is 2.48. The van der Waals surface area contributed by atoms with E-state index in [9.17, 15) is 4.79 Å². The second kappa shape index (κ2) is 5.15. The number of aromatic amines is 1. The fraction of sp³-hybridized carbons (Fsp3) is 0. The van der Waals surface area contributed by atoms with E-state index >= 15 is 0 Å². The highest BCUT2D eigenvalue weighted by atomic mass is 35.5. The van der Waals surface area contributed by atoms with Crippen LogP contribution < -0.4 is 5.32 Å². The lowest BCUT2D eigenvalue weighted by Crippen LogP contribution is -2.11. The van der Waals surface area contributed by atoms with E-state index in [1.54, 1.807) is 24.4 Å². The molecule has 0 aliphatic heterocycles. The Morgan fingerprint density at radius 2 is 1.95 bits per heavy atom. The SMILES string of the molecule is O=C(Nc1ccc2[nH]ncc2c1)c1ccc(Cl)c(Cl)c1. The van der Waals surface area contributed by atoms with Gasteiger partial charge in [0.05, 0.1) is 21.8 Å². The molecule has 100 valence electrons. The van der Waals surface area contributed by atoms with Crippen molar-refractivity contribution >= 4 is 45.7 Å². The average Bonchev–Trinajstić information content (AvgIpc) is 2.89. The van der Waals surface area contributed by atoms with E-state index in [0.29, 0.717) is 21.3 Å². The number of amides is 1. The van der Waals surface area contributed by atoms with Crippen LogP contribution in [0.3, 0.4) is 0 Å². The molecule has 0 fully saturated rings. The zero-order valence-corrected chi connectivity index (χ0v) is 11.7. The van der Waals surface area contributed by atoms with E-state index in [4.69, 9.17) is 23.2 Å². The van der Waals surface area contributed by atoms with E-state index < -0.39 is 0 Å². The van der Waals surface area contributed by atoms with Gasteiger partial charge in [0.2, 0.25) is 0 Å². The summed E-state index contributed by atoms with van der Waals surface area (Å²) in [5.74, 6) is -0.244. The van der Waals surface area contributed by atoms with Crippen LogP contribution in [0.25, 0.3) is 10.9 Å². The molecule has 0 aliphatic carbocycles. The summed E-state index contributed by atoms with van der Waals surface area (Å²) < 4.78 is 0. The minimum atomic E-state index is -0.244. The summed E-state index contributed by atoms with van der Waals surface area (Å²) in [5.41, 5.74) is 2.05. The van der Waals surface area contributed by atoms with Gasteiger partial charge in [0.15, 0.2) is 0 Å². The van der Waals surface area contributed by atoms with E-state index in [1.165, 1.54) is 6.07 Å². The van der Waals surface area contributed by atoms with Crippen LogP contribution in [-0.4, -0.2) is 16.1 Å². The van der Waals surface area contributed by atoms with Gasteiger partial charge in [-0.25, -0.2) is 0 Å². The predicted octanol–water partition coefficient (Wildman–Crippen LogP) is 4.12. The number of rotatable bonds is 2. The highest BCUT2D eigenvalue weighted by Gasteiger charge is 2.09. The Morgan fingerprint density at radius 3 is 2.75 bits per heavy atom. The van der Waals surface area contributed by atoms with Crippen molar-refractivity contribution < 1.29 is 4.79 Å². The van der Waals surface area contributed by atoms with Crippen molar-refractivity contribution in [3.8, 4) is 0 Å². The maximum Gasteiger partial charge on any atom is 0.255 e. The number of halogens is 2. The fourth-order valence-electron chi connectivity index (χ4n) is 1.86. The largest absolute Gasteiger partial charge is 0.322 e. The Labute approximate surface area is 124 Å². The summed E-state index contributed by atoms with van der Waals surface area (Å²) >= 11 is 11.7. The molecule has 0 spiro atoms. The molecule has 2 N–H and O–H groups in total. The number of aromatic nitrogens is 2. The fourth-order valence-corrected chi connectivity index (χ4v) is 2.16. The summed E-state index contributed by atoms with van der Waals surface area (Å²) in [6.45, 7) is 0. The molecule has 3 aromatic rings. The zero-order valence-electron chi connectivity index (χ0n) is 10.2. The van der Waals surface area contributed by atoms with Gasteiger partial charge in [-0.3, -0.25) is 9.89 Å². The van der Waals surface area contributed by atoms with Gasteiger partial charge < -0.3 is 5.32 Å². The van der Waals surface area contributed by atoms with Crippen molar-refractivity contribution in [2.45, 2.75) is 0 Å². The van der Waals surface area contributed by atoms with Gasteiger partial charge in [0.25, 0.3) is 5.91 Å². The number of carbonyl (C=O) groups excluding carboxylic acids is 1. The molecule has 1 heterocycles. The number of hydrogen-bond acceptors (Lipinski definition) is 2. The molecule has 0 aliphatic rings. The number of carbonyl (C=O) groups is 1. The molecule has 20 heavy (non-hydrogen) atoms. The van der Waals surface area contributed by atoms with Crippen molar-refractivity contribution in [2.75, 3.05) is 5.32 Å². The predicted molar refractivity (Wildman–Crippen MR) is 80.5 cm³/mol. The molecular weight excluding hydrogens is 297 g/mol. The van der Waals surface area contributed by atoms with E-state index in [1.807, 2.05) is 12.1 Å². The maximum absolute atomic E-state index is 12.1. The lowest BCUT2D eigenvalue weighted by molar-refractivity contribution is 0.102. The first kappa shape index (κ1) is 13.0. The van der Waals surface area contributed by atoms with Crippen LogP contribution in [0.5, 0.6) is 0 Å². The first-order valence-electron chi connectivity index (χ1n) is 5.83. The Balaban J connectivity index is 1.85. The summed E-state index contributed by atoms with van der Waals surface area (Å²) in [4.78, 5) is 12.1. The van der Waals surface area contributed by atoms with Crippen molar-refractivity contribution in [1.29, 1.82) is 0 Å². The molecule has 0 saturated heterocycles. The maximum atomic E-state index is 12.1. The summed E-state index contributed by atoms with van der Waals surface area (Å²) in [7, 11) is 0. The van der Waals surface area contributed by atoms with Crippen molar-refractivity contribution in [1.82, 2.24) is 10.2 Å². The minimum absolute atomic E-state index is 0.244. The Morgan fingerprint density at radius 1 is 1.10 bits per heavy atom. The third-order valence-corrected chi connectivity index (χ3v) is 3.62. The number of fused-ring (bicyclic) bond motifs is 1. The van der Waals surface area contributed by atoms with Crippen LogP contribution in [0, 0.1) is 0 Å². The molecule has 1 amide bonds. The van der Waals surface area contributed by atoms with Gasteiger partial charge in [-0.15, -0.1) is 0 Å². The molecule has 2 aromatic carbocycles. The molecule has 0 unspecified atom stereocenters. The number of nitrogens with zero attached hydrogens (tertiary/aromatic N) is 1. The van der Waals surface area contributed by atoms with Crippen LogP contribution in [0.1, 0.15) is 10.4 Å². The van der Waals surface area contributed by atoms with Crippen LogP contribution in [0.2, 0.25) is 10.0 Å². The summed E-state index contributed by atoms with van der Waals surface area (Å²) in [6.07, 6.45) is 1.70. The smallest absolute Gasteiger partial charge is 0.255 e. The molecular formula is C14H9Cl2N3O. The van der Waals surface area contributed by atoms with Crippen LogP contribution in [0.15, 0.2) is 42.6 Å². The highest BCUT2D eigenvalue weighted by molar-refractivity contribution is 6.42. The number of H-pyrrole nitrogens is 1. The van der Waals surface area contributed by atoms with Gasteiger partial charge in [0.1, 0.15) is 0 Å². The monoisotopic (exact) mass is 305 g/mol. The van der Waals surface area contributed by atoms with Crippen molar-refractivity contribution in [3.05, 3.63) is 58.2 Å². The number of nitrogens with one attached hydrogen (secondary N) is 2. The quantitative estimate of drug-likeness (QED) is 0.748. The standard InChI is InChI=1S/C14H9Cl2N3O/c15-11-3-1-8(6-12(11)16)14(20)18-10-2-4-13-9(5-10)7-17-19-13/h1-7H,(H,17,19)(H,18,20). The van der Waals surface area contributed by atoms with Crippen molar-refractivity contribution in [2.24, 2.45) is 0 Å². The molecule has 4 nitrogen and oxygen atoms in total. The van der Waals surface area contributed by atoms with Gasteiger partial charge in [-0.2, -0.15) is 5.10 Å². The lowest BCUT2D eigenvalue weighted by atomic mass is 10.2. The number of anilines is 1. The molecule has 6 heteroatoms. The summed E-state index contributed by atoms with van der Waals surface area (Å²) in [6, 6.07) is 10.3. The van der Waals surface area contributed by atoms with Gasteiger partial charge in [-0.05, 0) is 36.4 Å². The molecule has 0 atom stereocenters. The minimum Gasteiger partial charge on any atom is -0.322 e. The Bertz CT molecular complexity index is 798. The highest BCUT2D eigenvalue weighted by Crippen LogP contribution is 2.23. The van der Waals surface area contributed by atoms with Crippen LogP contribution >= 0.6 is 23.2 Å². The Kier molecular flexibility index (Phi) is 3.34. The van der Waals surface area contributed by atoms with E-state index in [0.717, 1.165) is 10.9 Å². The lowest BCUT2D eigenvalue weighted by Gasteiger charge is -2.06. The van der Waals surface area contributed by atoms with E-state index in [-0.39, 0.29) is 5.91 Å². The van der Waals surface area contributed by atoms with E-state index in [2.05, 4.69) is 15.5 Å². The van der Waals surface area contributed by atoms with Gasteiger partial charge >= 0.3 is 0 Å². The first-order valence-corrected chi connectivity index (χ1v) is 6.58. The van der Waals surface area contributed by atoms with Crippen molar-refractivity contribution in [3.63, 3.8) is 0 Å². The molecule has 3 rings (SSSR count). The average molecular weight is 306 g/mol. The molecule has 0 radical (unpaired) electrons. The first-order chi connectivity index (χ1) is 9.63. The van der Waals surface area contributed by atoms with Gasteiger partial charge in [-0.1, -0.05) is 23.2 Å². The molecule has 1 aromatic heterocycles. The zero-order chi connectivity index (χ0) is 14.1. The van der Waals surface area contributed by atoms with Crippen LogP contribution in [0.4, 0.5) is 5.69 Å². The molecule has 0 bridgehead atoms. The Hall–Kier alpha value is -2.04. The number of benzene rings is 2. The van der Waals surface area contributed by atoms with Gasteiger partial charge in [0, 0.05) is 16.6 Å². The summed E-state index contributed by atoms with van der Waals surface area (Å²) in [5, 5.41) is 11.3. The van der Waals surface area contributed by atoms with Crippen LogP contribution in [-0.2, 0) is 0 Å². The normalized spacial score (nSPS) is 10.7. The third-order valence-electron chi connectivity index (χ3n) is 2.88. The molecule has 0 saturated carbocycles. The second-order valence-electron chi connectivity index (χ2n) is 4.26. The topological polar surface area (TPSA) is 57.8 Å².